The monoisotopic (exact) mass is 362 g/mol. The lowest BCUT2D eigenvalue weighted by Gasteiger charge is -2.32. The van der Waals surface area contributed by atoms with Crippen molar-refractivity contribution >= 4 is 5.96 Å². The summed E-state index contributed by atoms with van der Waals surface area (Å²) in [6, 6.07) is 4.25. The van der Waals surface area contributed by atoms with Crippen molar-refractivity contribution < 1.29 is 9.15 Å². The van der Waals surface area contributed by atoms with Crippen LogP contribution in [-0.2, 0) is 4.74 Å². The van der Waals surface area contributed by atoms with E-state index < -0.39 is 0 Å². The van der Waals surface area contributed by atoms with Crippen LogP contribution in [0.4, 0.5) is 0 Å². The summed E-state index contributed by atoms with van der Waals surface area (Å²) in [6.07, 6.45) is 8.28. The van der Waals surface area contributed by atoms with E-state index in [0.717, 1.165) is 57.0 Å². The first kappa shape index (κ1) is 19.2. The second-order valence-corrected chi connectivity index (χ2v) is 7.29. The van der Waals surface area contributed by atoms with E-state index in [-0.39, 0.29) is 6.04 Å². The Morgan fingerprint density at radius 2 is 2.15 bits per heavy atom. The molecule has 6 heteroatoms. The number of piperidine rings is 1. The van der Waals surface area contributed by atoms with Crippen LogP contribution >= 0.6 is 0 Å². The molecule has 6 nitrogen and oxygen atoms in total. The van der Waals surface area contributed by atoms with Gasteiger partial charge in [0.2, 0.25) is 0 Å². The minimum absolute atomic E-state index is 0.215. The number of guanidine groups is 1. The van der Waals surface area contributed by atoms with Crippen molar-refractivity contribution in [2.45, 2.75) is 45.1 Å². The molecule has 0 spiro atoms. The normalized spacial score (nSPS) is 20.1. The average Bonchev–Trinajstić information content (AvgIpc) is 3.34. The summed E-state index contributed by atoms with van der Waals surface area (Å²) >= 11 is 0. The summed E-state index contributed by atoms with van der Waals surface area (Å²) in [5.74, 6) is 2.69. The Kier molecular flexibility index (Phi) is 7.83. The van der Waals surface area contributed by atoms with Gasteiger partial charge in [0.1, 0.15) is 5.76 Å². The van der Waals surface area contributed by atoms with Gasteiger partial charge in [0, 0.05) is 19.7 Å². The molecule has 1 saturated carbocycles. The number of hydrogen-bond acceptors (Lipinski definition) is 4. The largest absolute Gasteiger partial charge is 0.468 e. The molecule has 1 aliphatic carbocycles. The molecule has 1 aromatic rings. The van der Waals surface area contributed by atoms with Crippen molar-refractivity contribution in [1.82, 2.24) is 15.5 Å². The quantitative estimate of drug-likeness (QED) is 0.381. The van der Waals surface area contributed by atoms with Crippen LogP contribution < -0.4 is 10.6 Å². The van der Waals surface area contributed by atoms with Crippen molar-refractivity contribution in [2.24, 2.45) is 10.9 Å². The summed E-state index contributed by atoms with van der Waals surface area (Å²) in [4.78, 5) is 7.34. The van der Waals surface area contributed by atoms with Crippen LogP contribution in [0.25, 0.3) is 0 Å². The van der Waals surface area contributed by atoms with Crippen molar-refractivity contribution in [3.05, 3.63) is 24.2 Å². The number of nitrogens with one attached hydrogen (secondary N) is 2. The molecular formula is C20H34N4O2. The van der Waals surface area contributed by atoms with Crippen LogP contribution in [0.1, 0.15) is 50.8 Å². The maximum absolute atomic E-state index is 5.71. The molecule has 1 saturated heterocycles. The summed E-state index contributed by atoms with van der Waals surface area (Å²) in [5.41, 5.74) is 0. The first-order valence-electron chi connectivity index (χ1n) is 10.2. The smallest absolute Gasteiger partial charge is 0.191 e. The topological polar surface area (TPSA) is 62.0 Å². The third-order valence-electron chi connectivity index (χ3n) is 5.06. The van der Waals surface area contributed by atoms with E-state index in [0.29, 0.717) is 6.54 Å². The predicted octanol–water partition coefficient (Wildman–Crippen LogP) is 2.79. The van der Waals surface area contributed by atoms with Gasteiger partial charge < -0.3 is 19.8 Å². The van der Waals surface area contributed by atoms with E-state index in [2.05, 4.69) is 28.5 Å². The van der Waals surface area contributed by atoms with E-state index in [4.69, 9.17) is 14.1 Å². The van der Waals surface area contributed by atoms with E-state index in [1.165, 1.54) is 32.1 Å². The predicted molar refractivity (Wildman–Crippen MR) is 104 cm³/mol. The highest BCUT2D eigenvalue weighted by Gasteiger charge is 2.24. The van der Waals surface area contributed by atoms with Gasteiger partial charge in [-0.3, -0.25) is 9.89 Å². The standard InChI is InChI=1S/C20H34N4O2/c1-2-21-20(22-10-14-25-16-17-8-9-17)23-15-18(19-7-6-13-26-19)24-11-4-3-5-12-24/h6-7,13,17-18H,2-5,8-12,14-16H2,1H3,(H2,21,22,23). The van der Waals surface area contributed by atoms with Gasteiger partial charge in [0.25, 0.3) is 0 Å². The first-order chi connectivity index (χ1) is 12.9. The summed E-state index contributed by atoms with van der Waals surface area (Å²) in [6.45, 7) is 8.32. The SMILES string of the molecule is CCNC(=NCC(c1ccco1)N1CCCCC1)NCCOCC1CC1. The Labute approximate surface area is 157 Å². The number of hydrogen-bond donors (Lipinski definition) is 2. The number of aliphatic imine (C=N–C) groups is 1. The minimum atomic E-state index is 0.215. The maximum Gasteiger partial charge on any atom is 0.191 e. The van der Waals surface area contributed by atoms with Crippen LogP contribution in [0.15, 0.2) is 27.8 Å². The Morgan fingerprint density at radius 1 is 1.31 bits per heavy atom. The maximum atomic E-state index is 5.71. The van der Waals surface area contributed by atoms with Crippen LogP contribution in [0, 0.1) is 5.92 Å². The van der Waals surface area contributed by atoms with Gasteiger partial charge in [-0.05, 0) is 63.7 Å². The molecule has 0 amide bonds. The Morgan fingerprint density at radius 3 is 2.85 bits per heavy atom. The molecule has 0 aromatic carbocycles. The zero-order valence-corrected chi connectivity index (χ0v) is 16.1. The molecule has 2 fully saturated rings. The molecule has 3 rings (SSSR count). The molecule has 26 heavy (non-hydrogen) atoms. The lowest BCUT2D eigenvalue weighted by atomic mass is 10.1. The molecule has 1 atom stereocenters. The Bertz CT molecular complexity index is 522. The third kappa shape index (κ3) is 6.32. The number of furan rings is 1. The molecular weight excluding hydrogens is 328 g/mol. The zero-order chi connectivity index (χ0) is 18.0. The van der Waals surface area contributed by atoms with Gasteiger partial charge >= 0.3 is 0 Å². The minimum Gasteiger partial charge on any atom is -0.468 e. The van der Waals surface area contributed by atoms with E-state index in [1.54, 1.807) is 6.26 Å². The van der Waals surface area contributed by atoms with Gasteiger partial charge in [0.05, 0.1) is 25.5 Å². The molecule has 146 valence electrons. The number of ether oxygens (including phenoxy) is 1. The summed E-state index contributed by atoms with van der Waals surface area (Å²) < 4.78 is 11.4. The highest BCUT2D eigenvalue weighted by atomic mass is 16.5. The second kappa shape index (κ2) is 10.6. The third-order valence-corrected chi connectivity index (χ3v) is 5.06. The van der Waals surface area contributed by atoms with E-state index in [1.807, 2.05) is 6.07 Å². The Hall–Kier alpha value is -1.53. The molecule has 1 aliphatic heterocycles. The van der Waals surface area contributed by atoms with Gasteiger partial charge in [-0.15, -0.1) is 0 Å². The highest BCUT2D eigenvalue weighted by Crippen LogP contribution is 2.28. The van der Waals surface area contributed by atoms with Gasteiger partial charge in [-0.2, -0.15) is 0 Å². The van der Waals surface area contributed by atoms with Crippen LogP contribution in [0.2, 0.25) is 0 Å². The fraction of sp³-hybridized carbons (Fsp3) is 0.750. The highest BCUT2D eigenvalue weighted by molar-refractivity contribution is 5.79. The van der Waals surface area contributed by atoms with E-state index in [9.17, 15) is 0 Å². The van der Waals surface area contributed by atoms with Gasteiger partial charge in [-0.25, -0.2) is 0 Å². The molecule has 1 aromatic heterocycles. The molecule has 0 radical (unpaired) electrons. The Balaban J connectivity index is 1.51. The summed E-state index contributed by atoms with van der Waals surface area (Å²) in [7, 11) is 0. The van der Waals surface area contributed by atoms with Crippen LogP contribution in [0.5, 0.6) is 0 Å². The van der Waals surface area contributed by atoms with Gasteiger partial charge in [0.15, 0.2) is 5.96 Å². The fourth-order valence-corrected chi connectivity index (χ4v) is 3.39. The lowest BCUT2D eigenvalue weighted by Crippen LogP contribution is -2.40. The number of nitrogens with zero attached hydrogens (tertiary/aromatic N) is 2. The zero-order valence-electron chi connectivity index (χ0n) is 16.1. The molecule has 0 bridgehead atoms. The van der Waals surface area contributed by atoms with E-state index >= 15 is 0 Å². The molecule has 2 heterocycles. The van der Waals surface area contributed by atoms with Crippen LogP contribution in [0.3, 0.4) is 0 Å². The molecule has 2 N–H and O–H groups in total. The van der Waals surface area contributed by atoms with Crippen molar-refractivity contribution in [3.63, 3.8) is 0 Å². The first-order valence-corrected chi connectivity index (χ1v) is 10.2. The number of rotatable bonds is 10. The lowest BCUT2D eigenvalue weighted by molar-refractivity contribution is 0.129. The second-order valence-electron chi connectivity index (χ2n) is 7.29. The van der Waals surface area contributed by atoms with Gasteiger partial charge in [-0.1, -0.05) is 6.42 Å². The van der Waals surface area contributed by atoms with Crippen molar-refractivity contribution in [1.29, 1.82) is 0 Å². The average molecular weight is 363 g/mol. The number of likely N-dealkylation sites (tertiary alicyclic amines) is 1. The molecule has 2 aliphatic rings. The van der Waals surface area contributed by atoms with Crippen molar-refractivity contribution in [3.8, 4) is 0 Å². The molecule has 1 unspecified atom stereocenters. The summed E-state index contributed by atoms with van der Waals surface area (Å²) in [5, 5.41) is 6.72. The van der Waals surface area contributed by atoms with Crippen molar-refractivity contribution in [2.75, 3.05) is 45.9 Å². The van der Waals surface area contributed by atoms with Crippen LogP contribution in [-0.4, -0.2) is 56.8 Å². The fourth-order valence-electron chi connectivity index (χ4n) is 3.39.